The van der Waals surface area contributed by atoms with Crippen molar-refractivity contribution in [2.45, 2.75) is 64.2 Å². The van der Waals surface area contributed by atoms with Gasteiger partial charge in [-0.2, -0.15) is 0 Å². The highest BCUT2D eigenvalue weighted by molar-refractivity contribution is 5.92. The van der Waals surface area contributed by atoms with Crippen molar-refractivity contribution in [2.24, 2.45) is 17.1 Å². The SMILES string of the molecule is C[C@H]1CN(CCCC2(CO)CCCC2)CC[C@@]1(C)c1cccc(C(N)=O)c1. The van der Waals surface area contributed by atoms with Crippen molar-refractivity contribution in [1.82, 2.24) is 4.90 Å². The van der Waals surface area contributed by atoms with Gasteiger partial charge in [0.2, 0.25) is 5.91 Å². The number of benzene rings is 1. The molecule has 1 aromatic rings. The molecule has 1 heterocycles. The molecule has 2 fully saturated rings. The number of rotatable bonds is 7. The van der Waals surface area contributed by atoms with Gasteiger partial charge in [-0.05, 0) is 79.6 Å². The van der Waals surface area contributed by atoms with Gasteiger partial charge in [-0.25, -0.2) is 0 Å². The smallest absolute Gasteiger partial charge is 0.248 e. The Bertz CT molecular complexity index is 654. The Labute approximate surface area is 164 Å². The van der Waals surface area contributed by atoms with E-state index in [9.17, 15) is 9.90 Å². The molecule has 0 bridgehead atoms. The van der Waals surface area contributed by atoms with Crippen LogP contribution in [0.3, 0.4) is 0 Å². The first-order valence-electron chi connectivity index (χ1n) is 10.6. The fourth-order valence-corrected chi connectivity index (χ4v) is 5.27. The first-order valence-corrected chi connectivity index (χ1v) is 10.6. The number of carbonyl (C=O) groups excluding carboxylic acids is 1. The highest BCUT2D eigenvalue weighted by atomic mass is 16.3. The minimum Gasteiger partial charge on any atom is -0.396 e. The van der Waals surface area contributed by atoms with Crippen molar-refractivity contribution in [3.05, 3.63) is 35.4 Å². The lowest BCUT2D eigenvalue weighted by atomic mass is 9.67. The van der Waals surface area contributed by atoms with Crippen LogP contribution in [0.15, 0.2) is 24.3 Å². The van der Waals surface area contributed by atoms with Gasteiger partial charge in [0.25, 0.3) is 0 Å². The number of hydrogen-bond donors (Lipinski definition) is 2. The summed E-state index contributed by atoms with van der Waals surface area (Å²) in [4.78, 5) is 14.1. The molecule has 1 saturated heterocycles. The second-order valence-electron chi connectivity index (χ2n) is 9.28. The molecule has 1 amide bonds. The quantitative estimate of drug-likeness (QED) is 0.766. The summed E-state index contributed by atoms with van der Waals surface area (Å²) in [5, 5.41) is 9.81. The normalized spacial score (nSPS) is 28.3. The van der Waals surface area contributed by atoms with Crippen molar-refractivity contribution in [2.75, 3.05) is 26.2 Å². The van der Waals surface area contributed by atoms with Crippen LogP contribution in [-0.2, 0) is 5.41 Å². The third kappa shape index (κ3) is 4.38. The summed E-state index contributed by atoms with van der Waals surface area (Å²) in [5.74, 6) is 0.169. The highest BCUT2D eigenvalue weighted by Crippen LogP contribution is 2.42. The molecular weight excluding hydrogens is 336 g/mol. The first-order chi connectivity index (χ1) is 12.9. The molecule has 1 saturated carbocycles. The topological polar surface area (TPSA) is 66.6 Å². The van der Waals surface area contributed by atoms with Crippen molar-refractivity contribution >= 4 is 5.91 Å². The molecule has 1 aliphatic heterocycles. The Morgan fingerprint density at radius 1 is 1.30 bits per heavy atom. The second kappa shape index (κ2) is 8.32. The van der Waals surface area contributed by atoms with Crippen molar-refractivity contribution in [3.8, 4) is 0 Å². The van der Waals surface area contributed by atoms with E-state index in [4.69, 9.17) is 5.73 Å². The largest absolute Gasteiger partial charge is 0.396 e. The Kier molecular flexibility index (Phi) is 6.27. The minimum atomic E-state index is -0.352. The number of carbonyl (C=O) groups is 1. The van der Waals surface area contributed by atoms with Crippen LogP contribution < -0.4 is 5.73 Å². The molecule has 4 nitrogen and oxygen atoms in total. The predicted octanol–water partition coefficient (Wildman–Crippen LogP) is 3.72. The lowest BCUT2D eigenvalue weighted by Crippen LogP contribution is -2.47. The maximum Gasteiger partial charge on any atom is 0.248 e. The molecule has 1 aliphatic carbocycles. The molecule has 2 atom stereocenters. The summed E-state index contributed by atoms with van der Waals surface area (Å²) in [6.07, 6.45) is 8.41. The van der Waals surface area contributed by atoms with Gasteiger partial charge < -0.3 is 15.7 Å². The fraction of sp³-hybridized carbons (Fsp3) is 0.696. The molecule has 3 rings (SSSR count). The zero-order chi connectivity index (χ0) is 19.5. The van der Waals surface area contributed by atoms with E-state index >= 15 is 0 Å². The number of aliphatic hydroxyl groups is 1. The van der Waals surface area contributed by atoms with Crippen LogP contribution in [0.5, 0.6) is 0 Å². The van der Waals surface area contributed by atoms with Gasteiger partial charge in [-0.15, -0.1) is 0 Å². The van der Waals surface area contributed by atoms with E-state index in [0.29, 0.717) is 18.1 Å². The molecule has 150 valence electrons. The van der Waals surface area contributed by atoms with E-state index in [0.717, 1.165) is 32.5 Å². The summed E-state index contributed by atoms with van der Waals surface area (Å²) in [5.41, 5.74) is 7.61. The molecule has 1 aromatic carbocycles. The summed E-state index contributed by atoms with van der Waals surface area (Å²) < 4.78 is 0. The number of piperidine rings is 1. The number of amides is 1. The zero-order valence-corrected chi connectivity index (χ0v) is 17.0. The van der Waals surface area contributed by atoms with Crippen LogP contribution in [0, 0.1) is 11.3 Å². The minimum absolute atomic E-state index is 0.0831. The Balaban J connectivity index is 1.57. The lowest BCUT2D eigenvalue weighted by Gasteiger charge is -2.45. The van der Waals surface area contributed by atoms with Gasteiger partial charge in [0.15, 0.2) is 0 Å². The van der Waals surface area contributed by atoms with Gasteiger partial charge >= 0.3 is 0 Å². The average molecular weight is 373 g/mol. The van der Waals surface area contributed by atoms with Crippen LogP contribution in [0.25, 0.3) is 0 Å². The molecule has 0 unspecified atom stereocenters. The van der Waals surface area contributed by atoms with E-state index in [1.54, 1.807) is 6.07 Å². The van der Waals surface area contributed by atoms with Gasteiger partial charge in [0.05, 0.1) is 0 Å². The van der Waals surface area contributed by atoms with Gasteiger partial charge in [0, 0.05) is 18.7 Å². The van der Waals surface area contributed by atoms with E-state index in [2.05, 4.69) is 24.8 Å². The van der Waals surface area contributed by atoms with Gasteiger partial charge in [0.1, 0.15) is 0 Å². The molecule has 2 aliphatic rings. The molecule has 4 heteroatoms. The number of likely N-dealkylation sites (tertiary alicyclic amines) is 1. The monoisotopic (exact) mass is 372 g/mol. The molecular formula is C23H36N2O2. The molecule has 0 spiro atoms. The summed E-state index contributed by atoms with van der Waals surface area (Å²) in [7, 11) is 0. The Morgan fingerprint density at radius 3 is 2.67 bits per heavy atom. The predicted molar refractivity (Wildman–Crippen MR) is 110 cm³/mol. The molecule has 27 heavy (non-hydrogen) atoms. The number of nitrogens with zero attached hydrogens (tertiary/aromatic N) is 1. The average Bonchev–Trinajstić information content (AvgIpc) is 3.14. The van der Waals surface area contributed by atoms with Crippen LogP contribution in [0.1, 0.15) is 74.7 Å². The summed E-state index contributed by atoms with van der Waals surface area (Å²) in [6, 6.07) is 7.88. The maximum absolute atomic E-state index is 11.5. The van der Waals surface area contributed by atoms with E-state index in [-0.39, 0.29) is 16.7 Å². The lowest BCUT2D eigenvalue weighted by molar-refractivity contribution is 0.0895. The van der Waals surface area contributed by atoms with E-state index in [1.807, 2.05) is 12.1 Å². The van der Waals surface area contributed by atoms with Crippen LogP contribution in [0.4, 0.5) is 0 Å². The Hall–Kier alpha value is -1.39. The fourth-order valence-electron chi connectivity index (χ4n) is 5.27. The summed E-state index contributed by atoms with van der Waals surface area (Å²) >= 11 is 0. The molecule has 0 radical (unpaired) electrons. The number of primary amides is 1. The molecule has 0 aromatic heterocycles. The van der Waals surface area contributed by atoms with Gasteiger partial charge in [-0.1, -0.05) is 38.8 Å². The molecule has 3 N–H and O–H groups in total. The van der Waals surface area contributed by atoms with E-state index in [1.165, 1.54) is 37.7 Å². The van der Waals surface area contributed by atoms with Crippen molar-refractivity contribution in [1.29, 1.82) is 0 Å². The maximum atomic E-state index is 11.5. The van der Waals surface area contributed by atoms with Gasteiger partial charge in [-0.3, -0.25) is 4.79 Å². The van der Waals surface area contributed by atoms with E-state index < -0.39 is 0 Å². The standard InChI is InChI=1S/C23H36N2O2/c1-18-16-25(13-6-11-23(17-26)9-3-4-10-23)14-12-22(18,2)20-8-5-7-19(15-20)21(24)27/h5,7-8,15,18,26H,3-4,6,9-14,16-17H2,1-2H3,(H2,24,27)/t18-,22+/m0/s1. The van der Waals surface area contributed by atoms with Crippen LogP contribution in [-0.4, -0.2) is 42.2 Å². The van der Waals surface area contributed by atoms with Crippen LogP contribution >= 0.6 is 0 Å². The second-order valence-corrected chi connectivity index (χ2v) is 9.28. The third-order valence-corrected chi connectivity index (χ3v) is 7.55. The zero-order valence-electron chi connectivity index (χ0n) is 17.0. The summed E-state index contributed by atoms with van der Waals surface area (Å²) in [6.45, 7) is 8.32. The van der Waals surface area contributed by atoms with Crippen molar-refractivity contribution < 1.29 is 9.90 Å². The number of aliphatic hydroxyl groups excluding tert-OH is 1. The van der Waals surface area contributed by atoms with Crippen molar-refractivity contribution in [3.63, 3.8) is 0 Å². The first kappa shape index (κ1) is 20.3. The number of hydrogen-bond acceptors (Lipinski definition) is 3. The third-order valence-electron chi connectivity index (χ3n) is 7.55. The highest BCUT2D eigenvalue weighted by Gasteiger charge is 2.38. The van der Waals surface area contributed by atoms with Crippen LogP contribution in [0.2, 0.25) is 0 Å². The Morgan fingerprint density at radius 2 is 2.04 bits per heavy atom. The number of nitrogens with two attached hydrogens (primary N) is 1.